The lowest BCUT2D eigenvalue weighted by Crippen LogP contribution is -2.25. The zero-order chi connectivity index (χ0) is 86.2. The molecule has 128 heavy (non-hydrogen) atoms. The lowest BCUT2D eigenvalue weighted by Gasteiger charge is -2.34. The molecule has 0 atom stereocenters. The fourth-order valence-electron chi connectivity index (χ4n) is 23.2. The summed E-state index contributed by atoms with van der Waals surface area (Å²) in [4.78, 5) is 12.3. The quantitative estimate of drug-likeness (QED) is 0.155. The highest BCUT2D eigenvalue weighted by molar-refractivity contribution is 6.30. The van der Waals surface area contributed by atoms with Crippen molar-refractivity contribution >= 4 is 119 Å². The number of fused-ring (bicyclic) bond motifs is 20. The van der Waals surface area contributed by atoms with E-state index in [0.29, 0.717) is 0 Å². The highest BCUT2D eigenvalue weighted by atomic mass is 15.1. The molecule has 0 saturated carbocycles. The number of nitrogens with zero attached hydrogens (tertiary/aromatic N) is 3. The molecule has 20 aromatic carbocycles. The molecular formula is C125H95N3. The van der Waals surface area contributed by atoms with Gasteiger partial charge in [0.25, 0.3) is 0 Å². The fraction of sp³-hybridized carbons (Fsp3) is 0.120. The number of pyridine rings is 2. The molecule has 3 nitrogen and oxygen atoms in total. The van der Waals surface area contributed by atoms with Gasteiger partial charge in [0.1, 0.15) is 0 Å². The summed E-state index contributed by atoms with van der Waals surface area (Å²) in [5, 5.41) is 22.8. The van der Waals surface area contributed by atoms with Crippen molar-refractivity contribution < 1.29 is 0 Å². The van der Waals surface area contributed by atoms with Crippen LogP contribution in [0, 0.1) is 20.8 Å². The molecule has 22 aromatic rings. The maximum absolute atomic E-state index is 5.07. The van der Waals surface area contributed by atoms with Crippen molar-refractivity contribution in [3.8, 4) is 89.0 Å². The molecule has 0 fully saturated rings. The van der Waals surface area contributed by atoms with Crippen molar-refractivity contribution in [3.63, 3.8) is 0 Å². The summed E-state index contributed by atoms with van der Waals surface area (Å²) in [6, 6.07) is 136. The third kappa shape index (κ3) is 11.8. The summed E-state index contributed by atoms with van der Waals surface area (Å²) in [5.74, 6) is 0. The second-order valence-corrected chi connectivity index (χ2v) is 37.8. The van der Waals surface area contributed by atoms with Crippen LogP contribution in [0.25, 0.3) is 197 Å². The Kier molecular flexibility index (Phi) is 17.6. The summed E-state index contributed by atoms with van der Waals surface area (Å²) < 4.78 is 0. The maximum atomic E-state index is 5.07. The molecule has 2 aromatic heterocycles. The third-order valence-corrected chi connectivity index (χ3v) is 29.3. The number of benzene rings is 20. The van der Waals surface area contributed by atoms with Gasteiger partial charge in [-0.2, -0.15) is 0 Å². The number of aromatic nitrogens is 2. The van der Waals surface area contributed by atoms with Crippen molar-refractivity contribution in [2.45, 2.75) is 91.4 Å². The van der Waals surface area contributed by atoms with Crippen molar-refractivity contribution in [1.82, 2.24) is 9.97 Å². The van der Waals surface area contributed by atoms with E-state index in [4.69, 9.17) is 4.98 Å². The van der Waals surface area contributed by atoms with Gasteiger partial charge in [-0.05, 0) is 269 Å². The van der Waals surface area contributed by atoms with Crippen LogP contribution in [-0.2, 0) is 22.7 Å². The van der Waals surface area contributed by atoms with E-state index in [1.54, 1.807) is 0 Å². The molecule has 26 rings (SSSR count). The van der Waals surface area contributed by atoms with Gasteiger partial charge in [0.05, 0.1) is 16.7 Å². The van der Waals surface area contributed by atoms with Crippen molar-refractivity contribution in [3.05, 3.63) is 432 Å². The molecule has 0 N–H and O–H groups in total. The molecule has 3 heteroatoms. The Bertz CT molecular complexity index is 8040. The average molecular weight is 1640 g/mol. The first kappa shape index (κ1) is 76.7. The van der Waals surface area contributed by atoms with Gasteiger partial charge < -0.3 is 4.90 Å². The second-order valence-electron chi connectivity index (χ2n) is 37.8. The molecule has 0 unspecified atom stereocenters. The van der Waals surface area contributed by atoms with Crippen LogP contribution in [0.15, 0.2) is 376 Å². The number of hydrogen-bond acceptors (Lipinski definition) is 3. The van der Waals surface area contributed by atoms with E-state index in [2.05, 4.69) is 436 Å². The first-order chi connectivity index (χ1) is 62.5. The Morgan fingerprint density at radius 2 is 0.586 bits per heavy atom. The fourth-order valence-corrected chi connectivity index (χ4v) is 23.2. The Morgan fingerprint density at radius 1 is 0.250 bits per heavy atom. The van der Waals surface area contributed by atoms with Crippen molar-refractivity contribution in [1.29, 1.82) is 0 Å². The van der Waals surface area contributed by atoms with Gasteiger partial charge in [0, 0.05) is 78.9 Å². The number of hydrogen-bond donors (Lipinski definition) is 0. The zero-order valence-corrected chi connectivity index (χ0v) is 73.8. The normalized spacial score (nSPS) is 14.1. The van der Waals surface area contributed by atoms with Gasteiger partial charge >= 0.3 is 0 Å². The largest absolute Gasteiger partial charge is 0.340 e. The standard InChI is InChI=1S/2C43H31N.C39H33N/c1-26-20-22-32-35(24-26)40(27-21-23-29-28-12-6-9-17-36(28)43(2,3)37(29)25-27)30-13-4-5-14-31(30)41(32)42-33-15-7-10-18-38(33)44-39-19-11-8-16-34(39)42;1-26-16-18-35-36(22-26)40(29-17-19-32-31-12-8-9-15-38(31)43(2,3)39(32)24-29)33-13-6-7-14-34(33)42(35)41-30-11-5-4-10-27(30)23-28-20-21-44-25-37(28)41;1-25-18-20-32-33(23-25)37(27-19-21-29-28-13-7-8-16-34(28)39(2,3)35(29)24-27)30-14-5-6-15-31(30)38(32)40-22-10-12-26-11-4-9-17-36(26)40/h2*4-25H,1-3H3;4-9,11,13-21,23-24H,10,12,22H2,1-3H3. The Balaban J connectivity index is 0.000000107. The summed E-state index contributed by atoms with van der Waals surface area (Å²) in [6.45, 7) is 21.9. The van der Waals surface area contributed by atoms with E-state index in [0.717, 1.165) is 24.0 Å². The van der Waals surface area contributed by atoms with E-state index in [9.17, 15) is 0 Å². The lowest BCUT2D eigenvalue weighted by atomic mass is 9.80. The topological polar surface area (TPSA) is 29.0 Å². The summed E-state index contributed by atoms with van der Waals surface area (Å²) in [7, 11) is 0. The number of aryl methyl sites for hydroxylation is 4. The van der Waals surface area contributed by atoms with Crippen LogP contribution in [0.4, 0.5) is 11.4 Å². The molecule has 0 radical (unpaired) electrons. The van der Waals surface area contributed by atoms with E-state index in [1.807, 2.05) is 12.4 Å². The number of para-hydroxylation sites is 3. The molecule has 0 saturated heterocycles. The van der Waals surface area contributed by atoms with Crippen LogP contribution in [-0.4, -0.2) is 16.5 Å². The van der Waals surface area contributed by atoms with Gasteiger partial charge in [0.15, 0.2) is 0 Å². The van der Waals surface area contributed by atoms with Crippen molar-refractivity contribution in [2.24, 2.45) is 0 Å². The molecule has 3 heterocycles. The van der Waals surface area contributed by atoms with E-state index < -0.39 is 0 Å². The minimum Gasteiger partial charge on any atom is -0.340 e. The highest BCUT2D eigenvalue weighted by Crippen LogP contribution is 2.58. The number of rotatable bonds is 6. The predicted molar refractivity (Wildman–Crippen MR) is 546 cm³/mol. The van der Waals surface area contributed by atoms with Gasteiger partial charge in [-0.3, -0.25) is 4.98 Å². The molecule has 0 spiro atoms. The van der Waals surface area contributed by atoms with Gasteiger partial charge in [-0.1, -0.05) is 374 Å². The minimum atomic E-state index is -0.0573. The van der Waals surface area contributed by atoms with Crippen LogP contribution in [0.3, 0.4) is 0 Å². The van der Waals surface area contributed by atoms with E-state index in [-0.39, 0.29) is 16.2 Å². The second kappa shape index (κ2) is 29.4. The molecule has 3 aliphatic carbocycles. The summed E-state index contributed by atoms with van der Waals surface area (Å²) >= 11 is 0. The van der Waals surface area contributed by atoms with Gasteiger partial charge in [-0.25, -0.2) is 4.98 Å². The maximum Gasteiger partial charge on any atom is 0.0715 e. The molecule has 4 aliphatic rings. The monoisotopic (exact) mass is 1640 g/mol. The summed E-state index contributed by atoms with van der Waals surface area (Å²) in [6.07, 6.45) is 6.26. The van der Waals surface area contributed by atoms with Crippen LogP contribution in [0.2, 0.25) is 0 Å². The van der Waals surface area contributed by atoms with E-state index in [1.165, 1.54) is 259 Å². The van der Waals surface area contributed by atoms with Gasteiger partial charge in [0.2, 0.25) is 0 Å². The SMILES string of the molecule is Cc1ccc2c(-c3c4ccccc4cc4ccncc34)c3ccccc3c(-c3ccc4c(c3)C(C)(C)c3ccccc3-4)c2c1.Cc1ccc2c(-c3c4ccccc4nc4ccccc34)c3ccccc3c(-c3ccc4c(c3)C(C)(C)c3ccccc3-4)c2c1.Cc1ccc2c(N3CCCc4ccccc43)c3ccccc3c(-c3ccc4c(c3)C(C)(C)c3ccccc3-4)c2c1. The van der Waals surface area contributed by atoms with Crippen molar-refractivity contribution in [2.75, 3.05) is 11.4 Å². The Morgan fingerprint density at radius 3 is 1.07 bits per heavy atom. The zero-order valence-electron chi connectivity index (χ0n) is 73.8. The van der Waals surface area contributed by atoms with E-state index >= 15 is 0 Å². The van der Waals surface area contributed by atoms with Crippen LogP contribution in [0.1, 0.15) is 104 Å². The first-order valence-corrected chi connectivity index (χ1v) is 45.5. The lowest BCUT2D eigenvalue weighted by molar-refractivity contribution is 0.660. The van der Waals surface area contributed by atoms with Crippen LogP contribution < -0.4 is 4.90 Å². The van der Waals surface area contributed by atoms with Crippen LogP contribution >= 0.6 is 0 Å². The number of anilines is 2. The summed E-state index contributed by atoms with van der Waals surface area (Å²) in [5.41, 5.74) is 39.4. The molecule has 1 aliphatic heterocycles. The molecular weight excluding hydrogens is 1540 g/mol. The Hall–Kier alpha value is -14.9. The minimum absolute atomic E-state index is 0.0269. The molecule has 610 valence electrons. The third-order valence-electron chi connectivity index (χ3n) is 29.3. The highest BCUT2D eigenvalue weighted by Gasteiger charge is 2.40. The first-order valence-electron chi connectivity index (χ1n) is 45.5. The Labute approximate surface area is 748 Å². The average Bonchev–Trinajstić information content (AvgIpc) is 1.37. The molecule has 0 amide bonds. The molecule has 0 bridgehead atoms. The smallest absolute Gasteiger partial charge is 0.0715 e. The van der Waals surface area contributed by atoms with Gasteiger partial charge in [-0.15, -0.1) is 0 Å². The van der Waals surface area contributed by atoms with Crippen LogP contribution in [0.5, 0.6) is 0 Å². The predicted octanol–water partition coefficient (Wildman–Crippen LogP) is 33.6.